The van der Waals surface area contributed by atoms with Crippen LogP contribution in [0.5, 0.6) is 0 Å². The second-order valence-electron chi connectivity index (χ2n) is 5.97. The predicted molar refractivity (Wildman–Crippen MR) is 92.6 cm³/mol. The lowest BCUT2D eigenvalue weighted by atomic mass is 9.96. The van der Waals surface area contributed by atoms with Gasteiger partial charge < -0.3 is 10.3 Å². The van der Waals surface area contributed by atoms with Crippen LogP contribution in [0.15, 0.2) is 30.7 Å². The van der Waals surface area contributed by atoms with Crippen molar-refractivity contribution in [1.82, 2.24) is 19.9 Å². The quantitative estimate of drug-likeness (QED) is 0.747. The zero-order chi connectivity index (χ0) is 15.6. The maximum absolute atomic E-state index is 6.34. The number of pyridine rings is 1. The molecule has 4 rings (SSSR count). The molecule has 1 aliphatic carbocycles. The van der Waals surface area contributed by atoms with E-state index in [1.807, 2.05) is 18.3 Å². The van der Waals surface area contributed by atoms with Gasteiger partial charge in [0.25, 0.3) is 0 Å². The van der Waals surface area contributed by atoms with Crippen LogP contribution in [0.1, 0.15) is 32.1 Å². The van der Waals surface area contributed by atoms with Gasteiger partial charge in [-0.25, -0.2) is 9.97 Å². The van der Waals surface area contributed by atoms with Crippen molar-refractivity contribution < 1.29 is 0 Å². The molecule has 0 saturated heterocycles. The smallest absolute Gasteiger partial charge is 0.223 e. The Bertz CT molecular complexity index is 823. The summed E-state index contributed by atoms with van der Waals surface area (Å²) in [5.41, 5.74) is 3.46. The van der Waals surface area contributed by atoms with Gasteiger partial charge in [-0.1, -0.05) is 30.9 Å². The molecule has 6 heteroatoms. The first kappa shape index (κ1) is 14.5. The Balaban J connectivity index is 1.69. The number of aromatic nitrogens is 4. The van der Waals surface area contributed by atoms with Crippen LogP contribution in [0.2, 0.25) is 5.02 Å². The maximum atomic E-state index is 6.34. The number of H-pyrrole nitrogens is 1. The van der Waals surface area contributed by atoms with Gasteiger partial charge in [0.2, 0.25) is 5.95 Å². The molecular weight excluding hydrogens is 310 g/mol. The van der Waals surface area contributed by atoms with E-state index in [1.54, 1.807) is 12.4 Å². The summed E-state index contributed by atoms with van der Waals surface area (Å²) in [6.07, 6.45) is 11.6. The highest BCUT2D eigenvalue weighted by molar-refractivity contribution is 6.33. The molecule has 0 aliphatic heterocycles. The Morgan fingerprint density at radius 1 is 1.17 bits per heavy atom. The minimum atomic E-state index is 0.457. The van der Waals surface area contributed by atoms with E-state index >= 15 is 0 Å². The van der Waals surface area contributed by atoms with Crippen LogP contribution >= 0.6 is 11.6 Å². The molecular formula is C17H18ClN5. The number of fused-ring (bicyclic) bond motifs is 1. The molecule has 0 unspecified atom stereocenters. The van der Waals surface area contributed by atoms with Gasteiger partial charge in [-0.05, 0) is 25.0 Å². The van der Waals surface area contributed by atoms with Crippen LogP contribution in [0.4, 0.5) is 5.95 Å². The third-order valence-electron chi connectivity index (χ3n) is 4.37. The molecule has 0 atom stereocenters. The Labute approximate surface area is 139 Å². The minimum absolute atomic E-state index is 0.457. The number of aromatic amines is 1. The number of hydrogen-bond donors (Lipinski definition) is 2. The lowest BCUT2D eigenvalue weighted by molar-refractivity contribution is 0.461. The number of nitrogens with one attached hydrogen (secondary N) is 2. The summed E-state index contributed by atoms with van der Waals surface area (Å²) in [7, 11) is 0. The van der Waals surface area contributed by atoms with E-state index in [9.17, 15) is 0 Å². The Hall–Kier alpha value is -2.14. The molecule has 1 saturated carbocycles. The van der Waals surface area contributed by atoms with Gasteiger partial charge in [0.15, 0.2) is 0 Å². The van der Waals surface area contributed by atoms with Crippen molar-refractivity contribution in [1.29, 1.82) is 0 Å². The highest BCUT2D eigenvalue weighted by Gasteiger charge is 2.17. The van der Waals surface area contributed by atoms with E-state index in [1.165, 1.54) is 32.1 Å². The van der Waals surface area contributed by atoms with Crippen molar-refractivity contribution in [3.05, 3.63) is 35.7 Å². The molecule has 1 fully saturated rings. The number of rotatable bonds is 3. The summed E-state index contributed by atoms with van der Waals surface area (Å²) >= 11 is 6.34. The third kappa shape index (κ3) is 2.88. The summed E-state index contributed by atoms with van der Waals surface area (Å²) in [5, 5.41) is 3.98. The number of nitrogens with zero attached hydrogens (tertiary/aromatic N) is 3. The van der Waals surface area contributed by atoms with E-state index in [-0.39, 0.29) is 0 Å². The third-order valence-corrected chi connectivity index (χ3v) is 4.65. The van der Waals surface area contributed by atoms with Crippen molar-refractivity contribution >= 4 is 28.6 Å². The second-order valence-corrected chi connectivity index (χ2v) is 6.38. The normalized spacial score (nSPS) is 15.9. The molecule has 1 aliphatic rings. The number of halogens is 1. The van der Waals surface area contributed by atoms with E-state index in [0.29, 0.717) is 22.7 Å². The predicted octanol–water partition coefficient (Wildman–Crippen LogP) is 4.42. The van der Waals surface area contributed by atoms with Gasteiger partial charge in [-0.15, -0.1) is 0 Å². The van der Waals surface area contributed by atoms with Crippen LogP contribution in [0.3, 0.4) is 0 Å². The van der Waals surface area contributed by atoms with E-state index in [2.05, 4.69) is 25.3 Å². The first-order chi connectivity index (χ1) is 11.3. The second kappa shape index (κ2) is 6.16. The zero-order valence-electron chi connectivity index (χ0n) is 12.7. The number of anilines is 1. The van der Waals surface area contributed by atoms with E-state index in [0.717, 1.165) is 16.6 Å². The van der Waals surface area contributed by atoms with Crippen LogP contribution in [-0.2, 0) is 0 Å². The first-order valence-electron chi connectivity index (χ1n) is 8.03. The SMILES string of the molecule is Clc1cnc(NC2CCCCC2)nc1-c1c[nH]c2cccnc12. The highest BCUT2D eigenvalue weighted by Crippen LogP contribution is 2.31. The van der Waals surface area contributed by atoms with Crippen LogP contribution < -0.4 is 5.32 Å². The fourth-order valence-corrected chi connectivity index (χ4v) is 3.38. The average molecular weight is 328 g/mol. The van der Waals surface area contributed by atoms with Crippen molar-refractivity contribution in [3.8, 4) is 11.3 Å². The molecule has 5 nitrogen and oxygen atoms in total. The topological polar surface area (TPSA) is 66.5 Å². The Kier molecular flexibility index (Phi) is 3.87. The fourth-order valence-electron chi connectivity index (χ4n) is 3.19. The lowest BCUT2D eigenvalue weighted by Crippen LogP contribution is -2.23. The van der Waals surface area contributed by atoms with Gasteiger partial charge in [-0.2, -0.15) is 0 Å². The molecule has 3 aromatic rings. The van der Waals surface area contributed by atoms with Crippen LogP contribution in [0.25, 0.3) is 22.3 Å². The van der Waals surface area contributed by atoms with Gasteiger partial charge >= 0.3 is 0 Å². The molecule has 0 spiro atoms. The summed E-state index contributed by atoms with van der Waals surface area (Å²) < 4.78 is 0. The fraction of sp³-hybridized carbons (Fsp3) is 0.353. The molecule has 0 radical (unpaired) electrons. The van der Waals surface area contributed by atoms with Gasteiger partial charge in [-0.3, -0.25) is 4.98 Å². The first-order valence-corrected chi connectivity index (χ1v) is 8.40. The molecule has 0 amide bonds. The van der Waals surface area contributed by atoms with Crippen molar-refractivity contribution in [2.24, 2.45) is 0 Å². The van der Waals surface area contributed by atoms with Gasteiger partial charge in [0.1, 0.15) is 0 Å². The molecule has 2 N–H and O–H groups in total. The summed E-state index contributed by atoms with van der Waals surface area (Å²) in [6.45, 7) is 0. The lowest BCUT2D eigenvalue weighted by Gasteiger charge is -2.22. The molecule has 0 aromatic carbocycles. The van der Waals surface area contributed by atoms with Gasteiger partial charge in [0, 0.05) is 24.0 Å². The molecule has 0 bridgehead atoms. The summed E-state index contributed by atoms with van der Waals surface area (Å²) in [5.74, 6) is 0.640. The average Bonchev–Trinajstić information content (AvgIpc) is 3.01. The number of hydrogen-bond acceptors (Lipinski definition) is 4. The van der Waals surface area contributed by atoms with Crippen LogP contribution in [-0.4, -0.2) is 26.0 Å². The molecule has 3 heterocycles. The van der Waals surface area contributed by atoms with E-state index < -0.39 is 0 Å². The van der Waals surface area contributed by atoms with Crippen LogP contribution in [0, 0.1) is 0 Å². The zero-order valence-corrected chi connectivity index (χ0v) is 13.5. The Morgan fingerprint density at radius 3 is 2.91 bits per heavy atom. The standard InChI is InChI=1S/C17H18ClN5/c18-13-10-21-17(22-11-5-2-1-3-6-11)23-15(13)12-9-20-14-7-4-8-19-16(12)14/h4,7-11,20H,1-3,5-6H2,(H,21,22,23). The minimum Gasteiger partial charge on any atom is -0.359 e. The molecule has 23 heavy (non-hydrogen) atoms. The van der Waals surface area contributed by atoms with Gasteiger partial charge in [0.05, 0.1) is 27.9 Å². The summed E-state index contributed by atoms with van der Waals surface area (Å²) in [4.78, 5) is 16.6. The maximum Gasteiger partial charge on any atom is 0.223 e. The Morgan fingerprint density at radius 2 is 2.04 bits per heavy atom. The monoisotopic (exact) mass is 327 g/mol. The molecule has 3 aromatic heterocycles. The largest absolute Gasteiger partial charge is 0.359 e. The highest BCUT2D eigenvalue weighted by atomic mass is 35.5. The van der Waals surface area contributed by atoms with E-state index in [4.69, 9.17) is 11.6 Å². The molecule has 118 valence electrons. The van der Waals surface area contributed by atoms with Crippen molar-refractivity contribution in [2.45, 2.75) is 38.1 Å². The van der Waals surface area contributed by atoms with Crippen molar-refractivity contribution in [2.75, 3.05) is 5.32 Å². The van der Waals surface area contributed by atoms with Crippen molar-refractivity contribution in [3.63, 3.8) is 0 Å². The summed E-state index contributed by atoms with van der Waals surface area (Å²) in [6, 6.07) is 4.35.